The third-order valence-electron chi connectivity index (χ3n) is 2.98. The number of benzene rings is 2. The molecule has 0 atom stereocenters. The second kappa shape index (κ2) is 5.98. The lowest BCUT2D eigenvalue weighted by atomic mass is 9.99. The van der Waals surface area contributed by atoms with E-state index in [-0.39, 0.29) is 11.6 Å². The van der Waals surface area contributed by atoms with Gasteiger partial charge in [0.2, 0.25) is 0 Å². The smallest absolute Gasteiger partial charge is 0.141 e. The number of carbonyl (C=O) groups is 1. The molecule has 2 rings (SSSR count). The molecule has 0 aliphatic carbocycles. The Morgan fingerprint density at radius 2 is 1.95 bits per heavy atom. The molecule has 0 aromatic heterocycles. The fourth-order valence-electron chi connectivity index (χ4n) is 2.01. The normalized spacial score (nSPS) is 10.5. The van der Waals surface area contributed by atoms with Crippen molar-refractivity contribution >= 4 is 17.4 Å². The molecule has 0 fully saturated rings. The van der Waals surface area contributed by atoms with Crippen LogP contribution in [0.15, 0.2) is 42.5 Å². The van der Waals surface area contributed by atoms with Crippen molar-refractivity contribution in [3.63, 3.8) is 0 Å². The van der Waals surface area contributed by atoms with Crippen molar-refractivity contribution in [1.82, 2.24) is 0 Å². The molecule has 19 heavy (non-hydrogen) atoms. The van der Waals surface area contributed by atoms with E-state index in [9.17, 15) is 9.18 Å². The highest BCUT2D eigenvalue weighted by Crippen LogP contribution is 2.14. The van der Waals surface area contributed by atoms with E-state index in [1.165, 1.54) is 12.1 Å². The van der Waals surface area contributed by atoms with Gasteiger partial charge in [0.1, 0.15) is 11.6 Å². The highest BCUT2D eigenvalue weighted by molar-refractivity contribution is 6.30. The summed E-state index contributed by atoms with van der Waals surface area (Å²) < 4.78 is 13.0. The molecule has 0 saturated carbocycles. The van der Waals surface area contributed by atoms with Crippen molar-refractivity contribution in [3.8, 4) is 0 Å². The van der Waals surface area contributed by atoms with Gasteiger partial charge in [-0.2, -0.15) is 0 Å². The molecule has 0 N–H and O–H groups in total. The Morgan fingerprint density at radius 1 is 1.16 bits per heavy atom. The minimum absolute atomic E-state index is 0.0944. The van der Waals surface area contributed by atoms with Crippen molar-refractivity contribution < 1.29 is 9.18 Å². The fraction of sp³-hybridized carbons (Fsp3) is 0.188. The maximum atomic E-state index is 13.0. The Balaban J connectivity index is 2.05. The summed E-state index contributed by atoms with van der Waals surface area (Å²) in [6, 6.07) is 11.8. The Labute approximate surface area is 117 Å². The van der Waals surface area contributed by atoms with E-state index in [0.29, 0.717) is 17.9 Å². The van der Waals surface area contributed by atoms with E-state index >= 15 is 0 Å². The third kappa shape index (κ3) is 3.90. The van der Waals surface area contributed by atoms with Crippen molar-refractivity contribution in [2.45, 2.75) is 19.8 Å². The van der Waals surface area contributed by atoms with Gasteiger partial charge in [0.05, 0.1) is 0 Å². The molecule has 2 aromatic rings. The van der Waals surface area contributed by atoms with Gasteiger partial charge >= 0.3 is 0 Å². The summed E-state index contributed by atoms with van der Waals surface area (Å²) in [5.74, 6) is -0.180. The van der Waals surface area contributed by atoms with Crippen LogP contribution in [0.25, 0.3) is 0 Å². The van der Waals surface area contributed by atoms with Crippen LogP contribution in [0, 0.1) is 12.7 Å². The van der Waals surface area contributed by atoms with E-state index in [1.54, 1.807) is 18.2 Å². The molecule has 0 spiro atoms. The van der Waals surface area contributed by atoms with Gasteiger partial charge in [0.15, 0.2) is 0 Å². The molecule has 0 aliphatic rings. The van der Waals surface area contributed by atoms with E-state index in [4.69, 9.17) is 11.6 Å². The number of aryl methyl sites for hydroxylation is 1. The number of halogens is 2. The largest absolute Gasteiger partial charge is 0.299 e. The van der Waals surface area contributed by atoms with E-state index in [1.807, 2.05) is 19.1 Å². The van der Waals surface area contributed by atoms with E-state index in [2.05, 4.69) is 0 Å². The summed E-state index contributed by atoms with van der Waals surface area (Å²) >= 11 is 5.88. The highest BCUT2D eigenvalue weighted by atomic mass is 35.5. The van der Waals surface area contributed by atoms with Crippen LogP contribution >= 0.6 is 11.6 Å². The summed E-state index contributed by atoms with van der Waals surface area (Å²) in [5.41, 5.74) is 2.57. The molecule has 0 saturated heterocycles. The van der Waals surface area contributed by atoms with Crippen LogP contribution in [0.3, 0.4) is 0 Å². The number of ketones is 1. The summed E-state index contributed by atoms with van der Waals surface area (Å²) in [7, 11) is 0. The molecule has 0 aliphatic heterocycles. The van der Waals surface area contributed by atoms with Gasteiger partial charge in [-0.25, -0.2) is 4.39 Å². The first-order valence-electron chi connectivity index (χ1n) is 6.06. The van der Waals surface area contributed by atoms with Crippen LogP contribution < -0.4 is 0 Å². The highest BCUT2D eigenvalue weighted by Gasteiger charge is 2.08. The minimum atomic E-state index is -0.274. The van der Waals surface area contributed by atoms with Crippen LogP contribution in [-0.2, 0) is 17.6 Å². The van der Waals surface area contributed by atoms with Crippen molar-refractivity contribution in [2.24, 2.45) is 0 Å². The quantitative estimate of drug-likeness (QED) is 0.820. The molecule has 0 amide bonds. The average molecular weight is 277 g/mol. The molecular weight excluding hydrogens is 263 g/mol. The predicted octanol–water partition coefficient (Wildman–Crippen LogP) is 4.14. The Bertz CT molecular complexity index is 607. The second-order valence-corrected chi connectivity index (χ2v) is 5.03. The Kier molecular flexibility index (Phi) is 4.33. The van der Waals surface area contributed by atoms with Crippen molar-refractivity contribution in [3.05, 3.63) is 70.0 Å². The molecule has 98 valence electrons. The average Bonchev–Trinajstić information content (AvgIpc) is 2.33. The number of Topliss-reactive ketones (excluding diaryl/α,β-unsaturated/α-hetero) is 1. The maximum Gasteiger partial charge on any atom is 0.141 e. The predicted molar refractivity (Wildman–Crippen MR) is 75.0 cm³/mol. The van der Waals surface area contributed by atoms with Crippen LogP contribution in [0.2, 0.25) is 5.02 Å². The van der Waals surface area contributed by atoms with Gasteiger partial charge in [-0.15, -0.1) is 0 Å². The standard InChI is InChI=1S/C16H14ClFO/c1-11-7-15(18)6-5-13(11)10-16(19)9-12-3-2-4-14(17)8-12/h2-8H,9-10H2,1H3. The summed E-state index contributed by atoms with van der Waals surface area (Å²) in [4.78, 5) is 12.0. The van der Waals surface area contributed by atoms with Gasteiger partial charge in [-0.05, 0) is 47.9 Å². The number of hydrogen-bond donors (Lipinski definition) is 0. The molecule has 1 nitrogen and oxygen atoms in total. The second-order valence-electron chi connectivity index (χ2n) is 4.59. The van der Waals surface area contributed by atoms with Crippen molar-refractivity contribution in [2.75, 3.05) is 0 Å². The SMILES string of the molecule is Cc1cc(F)ccc1CC(=O)Cc1cccc(Cl)c1. The number of hydrogen-bond acceptors (Lipinski definition) is 1. The molecular formula is C16H14ClFO. The first kappa shape index (κ1) is 13.8. The zero-order chi connectivity index (χ0) is 13.8. The molecule has 0 bridgehead atoms. The monoisotopic (exact) mass is 276 g/mol. The summed E-state index contributed by atoms with van der Waals surface area (Å²) in [6.45, 7) is 1.81. The topological polar surface area (TPSA) is 17.1 Å². The molecule has 2 aromatic carbocycles. The summed E-state index contributed by atoms with van der Waals surface area (Å²) in [5, 5.41) is 0.628. The fourth-order valence-corrected chi connectivity index (χ4v) is 2.22. The Morgan fingerprint density at radius 3 is 2.63 bits per heavy atom. The number of rotatable bonds is 4. The van der Waals surface area contributed by atoms with E-state index in [0.717, 1.165) is 16.7 Å². The van der Waals surface area contributed by atoms with Crippen LogP contribution in [-0.4, -0.2) is 5.78 Å². The number of carbonyl (C=O) groups excluding carboxylic acids is 1. The van der Waals surface area contributed by atoms with Gasteiger partial charge < -0.3 is 0 Å². The first-order chi connectivity index (χ1) is 9.04. The van der Waals surface area contributed by atoms with Crippen LogP contribution in [0.4, 0.5) is 4.39 Å². The summed E-state index contributed by atoms with van der Waals surface area (Å²) in [6.07, 6.45) is 0.663. The lowest BCUT2D eigenvalue weighted by Gasteiger charge is -2.06. The lowest BCUT2D eigenvalue weighted by Crippen LogP contribution is -2.07. The van der Waals surface area contributed by atoms with Gasteiger partial charge in [-0.1, -0.05) is 29.8 Å². The van der Waals surface area contributed by atoms with Gasteiger partial charge in [0, 0.05) is 17.9 Å². The molecule has 3 heteroatoms. The molecule has 0 heterocycles. The Hall–Kier alpha value is -1.67. The molecule has 0 unspecified atom stereocenters. The first-order valence-corrected chi connectivity index (χ1v) is 6.43. The lowest BCUT2D eigenvalue weighted by molar-refractivity contribution is -0.117. The van der Waals surface area contributed by atoms with Crippen LogP contribution in [0.1, 0.15) is 16.7 Å². The van der Waals surface area contributed by atoms with E-state index < -0.39 is 0 Å². The molecule has 0 radical (unpaired) electrons. The van der Waals surface area contributed by atoms with Gasteiger partial charge in [-0.3, -0.25) is 4.79 Å². The maximum absolute atomic E-state index is 13.0. The van der Waals surface area contributed by atoms with Gasteiger partial charge in [0.25, 0.3) is 0 Å². The van der Waals surface area contributed by atoms with Crippen molar-refractivity contribution in [1.29, 1.82) is 0 Å². The zero-order valence-electron chi connectivity index (χ0n) is 10.6. The van der Waals surface area contributed by atoms with Crippen LogP contribution in [0.5, 0.6) is 0 Å². The minimum Gasteiger partial charge on any atom is -0.299 e. The third-order valence-corrected chi connectivity index (χ3v) is 3.22. The zero-order valence-corrected chi connectivity index (χ0v) is 11.4.